The zero-order chi connectivity index (χ0) is 13.8. The van der Waals surface area contributed by atoms with Crippen molar-refractivity contribution in [2.75, 3.05) is 12.4 Å². The summed E-state index contributed by atoms with van der Waals surface area (Å²) in [5, 5.41) is 3.93. The molecule has 0 aliphatic rings. The summed E-state index contributed by atoms with van der Waals surface area (Å²) < 4.78 is 18.9. The summed E-state index contributed by atoms with van der Waals surface area (Å²) in [6.45, 7) is 0.295. The molecule has 0 aliphatic carbocycles. The quantitative estimate of drug-likeness (QED) is 0.879. The maximum absolute atomic E-state index is 13.9. The lowest BCUT2D eigenvalue weighted by Crippen LogP contribution is -2.03. The van der Waals surface area contributed by atoms with Crippen LogP contribution in [0.1, 0.15) is 5.56 Å². The number of ether oxygens (including phenoxy) is 1. The highest BCUT2D eigenvalue weighted by Crippen LogP contribution is 2.30. The van der Waals surface area contributed by atoms with Gasteiger partial charge in [0.25, 0.3) is 0 Å². The highest BCUT2D eigenvalue weighted by Gasteiger charge is 2.09. The molecule has 0 saturated heterocycles. The molecule has 0 radical (unpaired) electrons. The van der Waals surface area contributed by atoms with Crippen molar-refractivity contribution in [2.45, 2.75) is 6.54 Å². The van der Waals surface area contributed by atoms with Crippen molar-refractivity contribution in [1.82, 2.24) is 0 Å². The predicted molar refractivity (Wildman–Crippen MR) is 76.7 cm³/mol. The van der Waals surface area contributed by atoms with Crippen LogP contribution in [0.4, 0.5) is 10.1 Å². The van der Waals surface area contributed by atoms with Crippen LogP contribution in [0, 0.1) is 5.82 Å². The molecule has 0 aromatic heterocycles. The maximum atomic E-state index is 13.9. The number of nitrogens with one attached hydrogen (secondary N) is 1. The van der Waals surface area contributed by atoms with Gasteiger partial charge in [0.1, 0.15) is 0 Å². The summed E-state index contributed by atoms with van der Waals surface area (Å²) in [7, 11) is 1.43. The number of benzene rings is 2. The van der Waals surface area contributed by atoms with E-state index in [4.69, 9.17) is 27.9 Å². The Bertz CT molecular complexity index is 590. The molecule has 0 unspecified atom stereocenters. The van der Waals surface area contributed by atoms with Crippen molar-refractivity contribution in [3.8, 4) is 5.75 Å². The van der Waals surface area contributed by atoms with Crippen LogP contribution in [0.5, 0.6) is 5.75 Å². The molecule has 0 saturated carbocycles. The third-order valence-corrected chi connectivity index (χ3v) is 3.50. The Hall–Kier alpha value is -1.45. The van der Waals surface area contributed by atoms with Crippen molar-refractivity contribution in [2.24, 2.45) is 0 Å². The van der Waals surface area contributed by atoms with Gasteiger partial charge in [-0.3, -0.25) is 0 Å². The van der Waals surface area contributed by atoms with Gasteiger partial charge in [0.05, 0.1) is 22.8 Å². The van der Waals surface area contributed by atoms with Crippen LogP contribution in [0.2, 0.25) is 10.0 Å². The maximum Gasteiger partial charge on any atom is 0.170 e. The molecule has 1 N–H and O–H groups in total. The number of rotatable bonds is 4. The summed E-state index contributed by atoms with van der Waals surface area (Å²) in [6.07, 6.45) is 0. The lowest BCUT2D eigenvalue weighted by atomic mass is 10.2. The summed E-state index contributed by atoms with van der Waals surface area (Å²) in [5.41, 5.74) is 1.16. The summed E-state index contributed by atoms with van der Waals surface area (Å²) in [4.78, 5) is 0. The SMILES string of the molecule is COc1cccc(CNc2cccc(Cl)c2Cl)c1F. The summed E-state index contributed by atoms with van der Waals surface area (Å²) >= 11 is 12.0. The molecule has 0 atom stereocenters. The molecule has 0 fully saturated rings. The number of halogens is 3. The van der Waals surface area contributed by atoms with Crippen LogP contribution in [0.25, 0.3) is 0 Å². The highest BCUT2D eigenvalue weighted by molar-refractivity contribution is 6.43. The molecule has 5 heteroatoms. The van der Waals surface area contributed by atoms with Crippen LogP contribution in [0.15, 0.2) is 36.4 Å². The molecule has 0 heterocycles. The van der Waals surface area contributed by atoms with Gasteiger partial charge in [-0.2, -0.15) is 0 Å². The summed E-state index contributed by atoms with van der Waals surface area (Å²) in [6, 6.07) is 10.2. The third kappa shape index (κ3) is 3.11. The van der Waals surface area contributed by atoms with Gasteiger partial charge >= 0.3 is 0 Å². The van der Waals surface area contributed by atoms with Gasteiger partial charge in [0, 0.05) is 12.1 Å². The van der Waals surface area contributed by atoms with Crippen molar-refractivity contribution in [1.29, 1.82) is 0 Å². The van der Waals surface area contributed by atoms with Crippen molar-refractivity contribution in [3.05, 3.63) is 57.8 Å². The smallest absolute Gasteiger partial charge is 0.170 e. The third-order valence-electron chi connectivity index (χ3n) is 2.68. The second-order valence-electron chi connectivity index (χ2n) is 3.89. The van der Waals surface area contributed by atoms with E-state index in [1.165, 1.54) is 7.11 Å². The molecule has 2 aromatic carbocycles. The van der Waals surface area contributed by atoms with Crippen LogP contribution < -0.4 is 10.1 Å². The van der Waals surface area contributed by atoms with Gasteiger partial charge in [-0.15, -0.1) is 0 Å². The second-order valence-corrected chi connectivity index (χ2v) is 4.67. The van der Waals surface area contributed by atoms with E-state index >= 15 is 0 Å². The highest BCUT2D eigenvalue weighted by atomic mass is 35.5. The van der Waals surface area contributed by atoms with Crippen molar-refractivity contribution >= 4 is 28.9 Å². The number of anilines is 1. The van der Waals surface area contributed by atoms with Crippen LogP contribution in [0.3, 0.4) is 0 Å². The fourth-order valence-electron chi connectivity index (χ4n) is 1.68. The monoisotopic (exact) mass is 299 g/mol. The molecule has 100 valence electrons. The molecule has 0 bridgehead atoms. The van der Waals surface area contributed by atoms with Gasteiger partial charge in [-0.05, 0) is 18.2 Å². The Morgan fingerprint density at radius 3 is 2.63 bits per heavy atom. The molecule has 0 amide bonds. The average molecular weight is 300 g/mol. The normalized spacial score (nSPS) is 10.3. The molecular weight excluding hydrogens is 288 g/mol. The predicted octanol–water partition coefficient (Wildman–Crippen LogP) is 4.75. The minimum absolute atomic E-state index is 0.219. The Balaban J connectivity index is 2.17. The first kappa shape index (κ1) is 14.0. The topological polar surface area (TPSA) is 21.3 Å². The fraction of sp³-hybridized carbons (Fsp3) is 0.143. The minimum atomic E-state index is -0.379. The van der Waals surface area contributed by atoms with Gasteiger partial charge in [0.2, 0.25) is 0 Å². The molecule has 0 aliphatic heterocycles. The van der Waals surface area contributed by atoms with Gasteiger partial charge in [-0.1, -0.05) is 41.4 Å². The van der Waals surface area contributed by atoms with E-state index in [0.717, 1.165) is 0 Å². The molecule has 2 rings (SSSR count). The average Bonchev–Trinajstić information content (AvgIpc) is 2.42. The number of hydrogen-bond donors (Lipinski definition) is 1. The van der Waals surface area contributed by atoms with E-state index in [1.54, 1.807) is 36.4 Å². The number of hydrogen-bond acceptors (Lipinski definition) is 2. The van der Waals surface area contributed by atoms with Crippen molar-refractivity contribution in [3.63, 3.8) is 0 Å². The van der Waals surface area contributed by atoms with E-state index in [2.05, 4.69) is 5.32 Å². The van der Waals surface area contributed by atoms with Crippen molar-refractivity contribution < 1.29 is 9.13 Å². The molecule has 19 heavy (non-hydrogen) atoms. The van der Waals surface area contributed by atoms with E-state index in [-0.39, 0.29) is 11.6 Å². The van der Waals surface area contributed by atoms with Gasteiger partial charge in [0.15, 0.2) is 11.6 Å². The first-order valence-corrected chi connectivity index (χ1v) is 6.38. The molecule has 2 nitrogen and oxygen atoms in total. The Morgan fingerprint density at radius 1 is 1.16 bits per heavy atom. The Morgan fingerprint density at radius 2 is 1.89 bits per heavy atom. The van der Waals surface area contributed by atoms with E-state index in [0.29, 0.717) is 27.8 Å². The largest absolute Gasteiger partial charge is 0.494 e. The van der Waals surface area contributed by atoms with Crippen LogP contribution >= 0.6 is 23.2 Å². The Labute approximate surface area is 121 Å². The molecule has 2 aromatic rings. The summed E-state index contributed by atoms with van der Waals surface area (Å²) in [5.74, 6) is -0.160. The Kier molecular flexibility index (Phi) is 4.51. The van der Waals surface area contributed by atoms with Gasteiger partial charge < -0.3 is 10.1 Å². The standard InChI is InChI=1S/C14H12Cl2FNO/c1-19-12-7-2-4-9(14(12)17)8-18-11-6-3-5-10(15)13(11)16/h2-7,18H,8H2,1H3. The van der Waals surface area contributed by atoms with E-state index in [9.17, 15) is 4.39 Å². The lowest BCUT2D eigenvalue weighted by Gasteiger charge is -2.11. The van der Waals surface area contributed by atoms with E-state index in [1.807, 2.05) is 0 Å². The lowest BCUT2D eigenvalue weighted by molar-refractivity contribution is 0.384. The van der Waals surface area contributed by atoms with Crippen LogP contribution in [-0.4, -0.2) is 7.11 Å². The van der Waals surface area contributed by atoms with Crippen LogP contribution in [-0.2, 0) is 6.54 Å². The zero-order valence-electron chi connectivity index (χ0n) is 10.2. The number of methoxy groups -OCH3 is 1. The molecule has 0 spiro atoms. The zero-order valence-corrected chi connectivity index (χ0v) is 11.7. The molecular formula is C14H12Cl2FNO. The van der Waals surface area contributed by atoms with E-state index < -0.39 is 0 Å². The first-order valence-electron chi connectivity index (χ1n) is 5.62. The first-order chi connectivity index (χ1) is 9.13. The fourth-order valence-corrected chi connectivity index (χ4v) is 2.05. The minimum Gasteiger partial charge on any atom is -0.494 e. The van der Waals surface area contributed by atoms with Gasteiger partial charge in [-0.25, -0.2) is 4.39 Å². The second kappa shape index (κ2) is 6.13.